The van der Waals surface area contributed by atoms with Crippen LogP contribution in [0.4, 0.5) is 0 Å². The molecule has 0 spiro atoms. The zero-order valence-electron chi connectivity index (χ0n) is 16.4. The zero-order valence-corrected chi connectivity index (χ0v) is 16.4. The molecule has 3 aliphatic rings. The standard InChI is InChI=1S/C20H27N7O/c1-2-14-8-13(10-18-23-19(26-28-18)15-4-5-15)9-16(14)20-25-24-17-11-22-12-21-6-3-7-27(17)20/h6,11,13-16H,2-5,7-10,12H2,1H3. The smallest absolute Gasteiger partial charge is 0.226 e. The number of hydrogen-bond acceptors (Lipinski definition) is 7. The second-order valence-corrected chi connectivity index (χ2v) is 8.31. The van der Waals surface area contributed by atoms with E-state index in [1.54, 1.807) is 0 Å². The Balaban J connectivity index is 1.34. The Kier molecular flexibility index (Phi) is 4.78. The normalized spacial score (nSPS) is 27.4. The summed E-state index contributed by atoms with van der Waals surface area (Å²) in [6.45, 7) is 3.61. The molecule has 2 aliphatic carbocycles. The van der Waals surface area contributed by atoms with E-state index in [1.165, 1.54) is 19.3 Å². The van der Waals surface area contributed by atoms with Crippen LogP contribution in [0.3, 0.4) is 0 Å². The van der Waals surface area contributed by atoms with Crippen LogP contribution >= 0.6 is 0 Å². The van der Waals surface area contributed by atoms with Gasteiger partial charge in [0.2, 0.25) is 5.89 Å². The van der Waals surface area contributed by atoms with Crippen molar-refractivity contribution in [3.63, 3.8) is 0 Å². The Bertz CT molecular complexity index is 879. The first-order valence-corrected chi connectivity index (χ1v) is 10.6. The molecule has 8 nitrogen and oxygen atoms in total. The third-order valence-corrected chi connectivity index (χ3v) is 6.33. The molecule has 0 N–H and O–H groups in total. The zero-order chi connectivity index (χ0) is 18.9. The molecule has 3 unspecified atom stereocenters. The van der Waals surface area contributed by atoms with Crippen LogP contribution in [0.1, 0.15) is 80.6 Å². The molecule has 2 aromatic heterocycles. The molecule has 2 fully saturated rings. The molecule has 1 aliphatic heterocycles. The van der Waals surface area contributed by atoms with E-state index in [2.05, 4.69) is 41.8 Å². The summed E-state index contributed by atoms with van der Waals surface area (Å²) < 4.78 is 7.78. The average molecular weight is 381 g/mol. The van der Waals surface area contributed by atoms with Crippen LogP contribution in [0.5, 0.6) is 0 Å². The van der Waals surface area contributed by atoms with Crippen LogP contribution < -0.4 is 0 Å². The van der Waals surface area contributed by atoms with E-state index in [1.807, 2.05) is 12.4 Å². The van der Waals surface area contributed by atoms with Gasteiger partial charge in [-0.15, -0.1) is 10.2 Å². The van der Waals surface area contributed by atoms with Crippen LogP contribution in [0.2, 0.25) is 0 Å². The van der Waals surface area contributed by atoms with E-state index < -0.39 is 0 Å². The summed E-state index contributed by atoms with van der Waals surface area (Å²) >= 11 is 0. The molecule has 148 valence electrons. The summed E-state index contributed by atoms with van der Waals surface area (Å²) in [6.07, 6.45) is 11.4. The van der Waals surface area contributed by atoms with E-state index in [0.29, 0.717) is 30.3 Å². The van der Waals surface area contributed by atoms with Gasteiger partial charge in [-0.1, -0.05) is 18.5 Å². The average Bonchev–Trinajstić information content (AvgIpc) is 3.13. The van der Waals surface area contributed by atoms with E-state index >= 15 is 0 Å². The van der Waals surface area contributed by atoms with E-state index in [9.17, 15) is 0 Å². The SMILES string of the molecule is CCC1CC(Cc2nc(C3CC3)no2)CC1c1nnc2n1CCC=NCN=C2. The fourth-order valence-corrected chi connectivity index (χ4v) is 4.71. The molecule has 2 saturated carbocycles. The van der Waals surface area contributed by atoms with Crippen LogP contribution in [-0.4, -0.2) is 44.0 Å². The largest absolute Gasteiger partial charge is 0.339 e. The minimum absolute atomic E-state index is 0.424. The minimum Gasteiger partial charge on any atom is -0.339 e. The summed E-state index contributed by atoms with van der Waals surface area (Å²) in [5.41, 5.74) is 0. The lowest BCUT2D eigenvalue weighted by atomic mass is 9.93. The molecule has 2 aromatic rings. The third kappa shape index (κ3) is 3.52. The predicted octanol–water partition coefficient (Wildman–Crippen LogP) is 3.15. The number of fused-ring (bicyclic) bond motifs is 1. The maximum Gasteiger partial charge on any atom is 0.226 e. The van der Waals surface area contributed by atoms with Crippen molar-refractivity contribution in [2.24, 2.45) is 21.8 Å². The number of aliphatic imine (C=N–C) groups is 2. The molecule has 5 rings (SSSR count). The van der Waals surface area contributed by atoms with Gasteiger partial charge in [0.25, 0.3) is 0 Å². The highest BCUT2D eigenvalue weighted by atomic mass is 16.5. The molecule has 0 radical (unpaired) electrons. The van der Waals surface area contributed by atoms with E-state index in [0.717, 1.165) is 55.6 Å². The summed E-state index contributed by atoms with van der Waals surface area (Å²) in [5.74, 6) is 5.81. The summed E-state index contributed by atoms with van der Waals surface area (Å²) in [4.78, 5) is 13.2. The number of hydrogen-bond donors (Lipinski definition) is 0. The minimum atomic E-state index is 0.424. The van der Waals surface area contributed by atoms with Gasteiger partial charge in [0, 0.05) is 37.4 Å². The fraction of sp³-hybridized carbons (Fsp3) is 0.700. The third-order valence-electron chi connectivity index (χ3n) is 6.33. The molecular formula is C20H27N7O. The Morgan fingerprint density at radius 1 is 1.18 bits per heavy atom. The van der Waals surface area contributed by atoms with Gasteiger partial charge in [0.15, 0.2) is 11.6 Å². The number of rotatable bonds is 5. The maximum absolute atomic E-state index is 5.53. The lowest BCUT2D eigenvalue weighted by Crippen LogP contribution is -2.15. The van der Waals surface area contributed by atoms with Gasteiger partial charge in [-0.05, 0) is 37.5 Å². The molecule has 28 heavy (non-hydrogen) atoms. The quantitative estimate of drug-likeness (QED) is 0.793. The van der Waals surface area contributed by atoms with E-state index in [-0.39, 0.29) is 0 Å². The van der Waals surface area contributed by atoms with Crippen LogP contribution in [0.25, 0.3) is 0 Å². The Morgan fingerprint density at radius 3 is 2.96 bits per heavy atom. The van der Waals surface area contributed by atoms with Crippen LogP contribution in [-0.2, 0) is 13.0 Å². The first-order valence-electron chi connectivity index (χ1n) is 10.6. The second kappa shape index (κ2) is 7.56. The Morgan fingerprint density at radius 2 is 2.11 bits per heavy atom. The molecule has 3 heterocycles. The molecule has 0 aromatic carbocycles. The Hall–Kier alpha value is -2.38. The van der Waals surface area contributed by atoms with Gasteiger partial charge in [0.05, 0.1) is 6.21 Å². The summed E-state index contributed by atoms with van der Waals surface area (Å²) in [6, 6.07) is 0. The van der Waals surface area contributed by atoms with Gasteiger partial charge in [0.1, 0.15) is 12.5 Å². The molecule has 0 amide bonds. The molecule has 0 saturated heterocycles. The van der Waals surface area contributed by atoms with Crippen molar-refractivity contribution in [1.29, 1.82) is 0 Å². The van der Waals surface area contributed by atoms with Crippen LogP contribution in [0, 0.1) is 11.8 Å². The Labute approximate surface area is 164 Å². The van der Waals surface area contributed by atoms with Crippen molar-refractivity contribution in [3.8, 4) is 0 Å². The number of aromatic nitrogens is 5. The van der Waals surface area contributed by atoms with Gasteiger partial charge in [-0.25, -0.2) is 0 Å². The highest BCUT2D eigenvalue weighted by Gasteiger charge is 2.38. The maximum atomic E-state index is 5.53. The second-order valence-electron chi connectivity index (χ2n) is 8.31. The lowest BCUT2D eigenvalue weighted by Gasteiger charge is -2.18. The van der Waals surface area contributed by atoms with Gasteiger partial charge >= 0.3 is 0 Å². The lowest BCUT2D eigenvalue weighted by molar-refractivity contribution is 0.346. The van der Waals surface area contributed by atoms with Crippen molar-refractivity contribution in [2.45, 2.75) is 70.3 Å². The fourth-order valence-electron chi connectivity index (χ4n) is 4.71. The van der Waals surface area contributed by atoms with Crippen LogP contribution in [0.15, 0.2) is 14.5 Å². The van der Waals surface area contributed by atoms with Crippen molar-refractivity contribution < 1.29 is 4.52 Å². The highest BCUT2D eigenvalue weighted by molar-refractivity contribution is 5.75. The number of nitrogens with zero attached hydrogens (tertiary/aromatic N) is 7. The van der Waals surface area contributed by atoms with Gasteiger partial charge in [-0.2, -0.15) is 4.98 Å². The monoisotopic (exact) mass is 381 g/mol. The van der Waals surface area contributed by atoms with E-state index in [4.69, 9.17) is 4.52 Å². The molecule has 3 atom stereocenters. The predicted molar refractivity (Wildman–Crippen MR) is 105 cm³/mol. The van der Waals surface area contributed by atoms with Gasteiger partial charge < -0.3 is 9.09 Å². The summed E-state index contributed by atoms with van der Waals surface area (Å²) in [5, 5.41) is 13.2. The van der Waals surface area contributed by atoms with Gasteiger partial charge in [-0.3, -0.25) is 9.98 Å². The van der Waals surface area contributed by atoms with Crippen molar-refractivity contribution in [3.05, 3.63) is 23.4 Å². The van der Waals surface area contributed by atoms with Crippen molar-refractivity contribution >= 4 is 12.4 Å². The molecule has 8 heteroatoms. The first-order chi connectivity index (χ1) is 13.8. The van der Waals surface area contributed by atoms with Crippen molar-refractivity contribution in [2.75, 3.05) is 6.67 Å². The molecule has 0 bridgehead atoms. The molecular weight excluding hydrogens is 354 g/mol. The highest BCUT2D eigenvalue weighted by Crippen LogP contribution is 2.45. The van der Waals surface area contributed by atoms with Crippen molar-refractivity contribution in [1.82, 2.24) is 24.9 Å². The summed E-state index contributed by atoms with van der Waals surface area (Å²) in [7, 11) is 0. The topological polar surface area (TPSA) is 94.3 Å². The first kappa shape index (κ1) is 17.7.